The molecular weight excluding hydrogens is 192 g/mol. The molecule has 6 N–H and O–H groups in total. The van der Waals surface area contributed by atoms with Gasteiger partial charge in [-0.25, -0.2) is 19.6 Å². The Hall–Kier alpha value is -2.38. The molecule has 0 fully saturated rings. The van der Waals surface area contributed by atoms with E-state index in [-0.39, 0.29) is 0 Å². The summed E-state index contributed by atoms with van der Waals surface area (Å²) in [5, 5.41) is 17.1. The highest BCUT2D eigenvalue weighted by atomic mass is 16.4. The Morgan fingerprint density at radius 2 is 1.21 bits per heavy atom. The van der Waals surface area contributed by atoms with Crippen LogP contribution < -0.4 is 11.5 Å². The van der Waals surface area contributed by atoms with Crippen molar-refractivity contribution >= 4 is 23.6 Å². The first-order valence-corrected chi connectivity index (χ1v) is 3.33. The lowest BCUT2D eigenvalue weighted by Gasteiger charge is -2.02. The van der Waals surface area contributed by atoms with Crippen LogP contribution in [-0.2, 0) is 0 Å². The monoisotopic (exact) mass is 198 g/mol. The Morgan fingerprint density at radius 3 is 1.43 bits per heavy atom. The number of carbonyl (C=O) groups is 2. The van der Waals surface area contributed by atoms with Gasteiger partial charge in [0.25, 0.3) is 0 Å². The normalized spacial score (nSPS) is 9.71. The maximum atomic E-state index is 10.5. The van der Waals surface area contributed by atoms with Crippen molar-refractivity contribution in [1.82, 2.24) is 9.97 Å². The molecule has 1 aromatic heterocycles. The van der Waals surface area contributed by atoms with Crippen LogP contribution in [0, 0.1) is 0 Å². The zero-order valence-electron chi connectivity index (χ0n) is 6.76. The molecule has 74 valence electrons. The van der Waals surface area contributed by atoms with Crippen LogP contribution in [0.25, 0.3) is 0 Å². The number of nitrogens with zero attached hydrogens (tertiary/aromatic N) is 2. The Kier molecular flexibility index (Phi) is 2.19. The number of hydrogen-bond acceptors (Lipinski definition) is 6. The molecule has 0 atom stereocenters. The molecule has 1 heterocycles. The largest absolute Gasteiger partial charge is 0.476 e. The lowest BCUT2D eigenvalue weighted by atomic mass is 10.3. The second-order valence-corrected chi connectivity index (χ2v) is 2.30. The van der Waals surface area contributed by atoms with Gasteiger partial charge in [-0.15, -0.1) is 0 Å². The molecular formula is C6H6N4O4. The summed E-state index contributed by atoms with van der Waals surface area (Å²) in [7, 11) is 0. The molecule has 0 unspecified atom stereocenters. The van der Waals surface area contributed by atoms with E-state index >= 15 is 0 Å². The highest BCUT2D eigenvalue weighted by Gasteiger charge is 2.18. The van der Waals surface area contributed by atoms with E-state index < -0.39 is 35.0 Å². The molecule has 0 saturated heterocycles. The smallest absolute Gasteiger partial charge is 0.358 e. The average Bonchev–Trinajstić information content (AvgIpc) is 2.07. The van der Waals surface area contributed by atoms with Crippen molar-refractivity contribution < 1.29 is 19.8 Å². The molecule has 14 heavy (non-hydrogen) atoms. The summed E-state index contributed by atoms with van der Waals surface area (Å²) < 4.78 is 0. The number of hydrogen-bond donors (Lipinski definition) is 4. The number of carboxylic acid groups (broad SMARTS) is 2. The highest BCUT2D eigenvalue weighted by molar-refractivity contribution is 5.95. The third kappa shape index (κ3) is 1.53. The minimum absolute atomic E-state index is 0.482. The Morgan fingerprint density at radius 1 is 0.929 bits per heavy atom. The van der Waals surface area contributed by atoms with Gasteiger partial charge in [0.1, 0.15) is 0 Å². The first-order valence-electron chi connectivity index (χ1n) is 3.33. The molecule has 0 saturated carbocycles. The molecule has 0 aliphatic carbocycles. The number of anilines is 2. The topological polar surface area (TPSA) is 152 Å². The third-order valence-corrected chi connectivity index (χ3v) is 1.35. The second-order valence-electron chi connectivity index (χ2n) is 2.30. The molecule has 1 aromatic rings. The van der Waals surface area contributed by atoms with Crippen molar-refractivity contribution in [1.29, 1.82) is 0 Å². The van der Waals surface area contributed by atoms with Crippen LogP contribution in [0.3, 0.4) is 0 Å². The van der Waals surface area contributed by atoms with E-state index in [1.54, 1.807) is 0 Å². The quantitative estimate of drug-likeness (QED) is 0.473. The summed E-state index contributed by atoms with van der Waals surface area (Å²) >= 11 is 0. The number of nitrogens with two attached hydrogens (primary N) is 2. The zero-order chi connectivity index (χ0) is 10.9. The summed E-state index contributed by atoms with van der Waals surface area (Å²) in [5.74, 6) is -3.80. The lowest BCUT2D eigenvalue weighted by molar-refractivity contribution is 0.0673. The van der Waals surface area contributed by atoms with Gasteiger partial charge in [0, 0.05) is 0 Å². The summed E-state index contributed by atoms with van der Waals surface area (Å²) in [6, 6.07) is 0. The van der Waals surface area contributed by atoms with Gasteiger partial charge in [-0.2, -0.15) is 0 Å². The lowest BCUT2D eigenvalue weighted by Crippen LogP contribution is -2.15. The summed E-state index contributed by atoms with van der Waals surface area (Å²) in [5.41, 5.74) is 9.19. The second kappa shape index (κ2) is 3.17. The minimum atomic E-state index is -1.42. The fourth-order valence-corrected chi connectivity index (χ4v) is 0.776. The summed E-state index contributed by atoms with van der Waals surface area (Å²) in [4.78, 5) is 27.5. The maximum absolute atomic E-state index is 10.5. The SMILES string of the molecule is Nc1nc(C(=O)O)c(N)nc1C(=O)O. The van der Waals surface area contributed by atoms with Crippen molar-refractivity contribution in [3.63, 3.8) is 0 Å². The Labute approximate surface area is 77.2 Å². The fourth-order valence-electron chi connectivity index (χ4n) is 0.776. The van der Waals surface area contributed by atoms with Gasteiger partial charge < -0.3 is 21.7 Å². The Bertz CT molecular complexity index is 377. The molecule has 0 bridgehead atoms. The molecule has 8 nitrogen and oxygen atoms in total. The predicted molar refractivity (Wildman–Crippen MR) is 44.8 cm³/mol. The summed E-state index contributed by atoms with van der Waals surface area (Å²) in [6.07, 6.45) is 0. The number of nitrogen functional groups attached to an aromatic ring is 2. The first-order chi connectivity index (χ1) is 6.43. The van der Waals surface area contributed by atoms with Gasteiger partial charge in [0.05, 0.1) is 0 Å². The van der Waals surface area contributed by atoms with Crippen LogP contribution in [0.4, 0.5) is 11.6 Å². The van der Waals surface area contributed by atoms with E-state index in [0.29, 0.717) is 0 Å². The van der Waals surface area contributed by atoms with Crippen LogP contribution in [0.1, 0.15) is 21.0 Å². The number of aromatic carboxylic acids is 2. The molecule has 8 heteroatoms. The molecule has 0 aliphatic heterocycles. The van der Waals surface area contributed by atoms with Crippen molar-refractivity contribution in [2.45, 2.75) is 0 Å². The van der Waals surface area contributed by atoms with Gasteiger partial charge in [0.15, 0.2) is 23.0 Å². The number of rotatable bonds is 2. The number of aromatic nitrogens is 2. The molecule has 1 rings (SSSR count). The van der Waals surface area contributed by atoms with E-state index in [0.717, 1.165) is 0 Å². The van der Waals surface area contributed by atoms with Gasteiger partial charge in [-0.05, 0) is 0 Å². The fraction of sp³-hybridized carbons (Fsp3) is 0. The van der Waals surface area contributed by atoms with Crippen LogP contribution in [-0.4, -0.2) is 32.1 Å². The van der Waals surface area contributed by atoms with Crippen molar-refractivity contribution in [3.8, 4) is 0 Å². The molecule has 0 amide bonds. The molecule has 0 spiro atoms. The van der Waals surface area contributed by atoms with E-state index in [4.69, 9.17) is 21.7 Å². The number of carboxylic acids is 2. The zero-order valence-corrected chi connectivity index (χ0v) is 6.76. The van der Waals surface area contributed by atoms with Crippen molar-refractivity contribution in [2.24, 2.45) is 0 Å². The van der Waals surface area contributed by atoms with Crippen molar-refractivity contribution in [3.05, 3.63) is 11.4 Å². The van der Waals surface area contributed by atoms with Gasteiger partial charge in [0.2, 0.25) is 0 Å². The first kappa shape index (κ1) is 9.71. The van der Waals surface area contributed by atoms with Crippen LogP contribution in [0.15, 0.2) is 0 Å². The molecule has 0 aromatic carbocycles. The standard InChI is InChI=1S/C6H6N4O4/c7-3-1(5(11)12)9-4(8)2(10-3)6(13)14/h(H2,8,9)(H2,7,10)(H,11,12)(H,13,14). The predicted octanol–water partition coefficient (Wildman–Crippen LogP) is -0.963. The highest BCUT2D eigenvalue weighted by Crippen LogP contribution is 2.12. The average molecular weight is 198 g/mol. The maximum Gasteiger partial charge on any atom is 0.358 e. The molecule has 0 aliphatic rings. The van der Waals surface area contributed by atoms with E-state index in [1.807, 2.05) is 0 Å². The van der Waals surface area contributed by atoms with Crippen LogP contribution >= 0.6 is 0 Å². The minimum Gasteiger partial charge on any atom is -0.476 e. The van der Waals surface area contributed by atoms with Gasteiger partial charge >= 0.3 is 11.9 Å². The molecule has 0 radical (unpaired) electrons. The van der Waals surface area contributed by atoms with Crippen molar-refractivity contribution in [2.75, 3.05) is 11.5 Å². The van der Waals surface area contributed by atoms with E-state index in [1.165, 1.54) is 0 Å². The van der Waals surface area contributed by atoms with Crippen LogP contribution in [0.2, 0.25) is 0 Å². The van der Waals surface area contributed by atoms with Gasteiger partial charge in [-0.3, -0.25) is 0 Å². The van der Waals surface area contributed by atoms with Gasteiger partial charge in [-0.1, -0.05) is 0 Å². The van der Waals surface area contributed by atoms with E-state index in [9.17, 15) is 9.59 Å². The third-order valence-electron chi connectivity index (χ3n) is 1.35. The Balaban J connectivity index is 3.38. The van der Waals surface area contributed by atoms with Crippen LogP contribution in [0.5, 0.6) is 0 Å². The summed E-state index contributed by atoms with van der Waals surface area (Å²) in [6.45, 7) is 0. The van der Waals surface area contributed by atoms with E-state index in [2.05, 4.69) is 9.97 Å².